The van der Waals surface area contributed by atoms with Crippen molar-refractivity contribution in [1.82, 2.24) is 0 Å². The molecule has 1 aliphatic heterocycles. The molecule has 1 amide bonds. The number of esters is 1. The van der Waals surface area contributed by atoms with Gasteiger partial charge >= 0.3 is 5.97 Å². The molecular weight excluding hydrogens is 419 g/mol. The lowest BCUT2D eigenvalue weighted by molar-refractivity contribution is -0.119. The van der Waals surface area contributed by atoms with Crippen LogP contribution in [0.3, 0.4) is 0 Å². The van der Waals surface area contributed by atoms with Gasteiger partial charge in [-0.3, -0.25) is 4.79 Å². The molecule has 0 unspecified atom stereocenters. The highest BCUT2D eigenvalue weighted by molar-refractivity contribution is 5.97. The first kappa shape index (κ1) is 23.3. The highest BCUT2D eigenvalue weighted by Gasteiger charge is 2.21. The van der Waals surface area contributed by atoms with E-state index in [1.54, 1.807) is 6.07 Å². The van der Waals surface area contributed by atoms with Gasteiger partial charge in [-0.2, -0.15) is 0 Å². The summed E-state index contributed by atoms with van der Waals surface area (Å²) in [5.41, 5.74) is 1.29. The maximum atomic E-state index is 13.3. The lowest BCUT2D eigenvalue weighted by atomic mass is 10.2. The first-order valence-corrected chi connectivity index (χ1v) is 10.5. The van der Waals surface area contributed by atoms with Gasteiger partial charge < -0.3 is 29.2 Å². The average Bonchev–Trinajstić information content (AvgIpc) is 2.80. The molecule has 1 saturated heterocycles. The zero-order valence-corrected chi connectivity index (χ0v) is 18.2. The molecule has 0 atom stereocenters. The largest absolute Gasteiger partial charge is 0.492 e. The quantitative estimate of drug-likeness (QED) is 0.592. The second-order valence-electron chi connectivity index (χ2n) is 6.92. The molecule has 2 aromatic rings. The highest BCUT2D eigenvalue weighted by Crippen LogP contribution is 2.39. The predicted octanol–water partition coefficient (Wildman–Crippen LogP) is 3.26. The number of halogens is 1. The summed E-state index contributed by atoms with van der Waals surface area (Å²) in [6.07, 6.45) is 0. The van der Waals surface area contributed by atoms with Crippen LogP contribution in [-0.2, 0) is 14.3 Å². The minimum Gasteiger partial charge on any atom is -0.492 e. The van der Waals surface area contributed by atoms with Crippen molar-refractivity contribution in [1.29, 1.82) is 0 Å². The molecule has 3 rings (SSSR count). The van der Waals surface area contributed by atoms with Gasteiger partial charge in [-0.25, -0.2) is 9.18 Å². The van der Waals surface area contributed by atoms with Crippen LogP contribution in [0.1, 0.15) is 24.2 Å². The minimum atomic E-state index is -0.789. The van der Waals surface area contributed by atoms with E-state index in [9.17, 15) is 14.0 Å². The van der Waals surface area contributed by atoms with Crippen LogP contribution in [0.5, 0.6) is 11.5 Å². The summed E-state index contributed by atoms with van der Waals surface area (Å²) in [6, 6.07) is 8.60. The number of hydrogen-bond donors (Lipinski definition) is 1. The third kappa shape index (κ3) is 6.10. The summed E-state index contributed by atoms with van der Waals surface area (Å²) in [5, 5.41) is 2.70. The lowest BCUT2D eigenvalue weighted by Gasteiger charge is -2.31. The minimum absolute atomic E-state index is 0.0290. The number of benzene rings is 2. The number of nitrogens with one attached hydrogen (secondary N) is 1. The van der Waals surface area contributed by atoms with E-state index < -0.39 is 24.3 Å². The van der Waals surface area contributed by atoms with Gasteiger partial charge in [-0.15, -0.1) is 0 Å². The molecule has 9 heteroatoms. The van der Waals surface area contributed by atoms with Gasteiger partial charge in [0.1, 0.15) is 17.3 Å². The molecule has 0 radical (unpaired) electrons. The second-order valence-corrected chi connectivity index (χ2v) is 6.92. The number of hydrogen-bond acceptors (Lipinski definition) is 7. The van der Waals surface area contributed by atoms with Crippen LogP contribution in [-0.4, -0.2) is 58.0 Å². The standard InChI is InChI=1S/C23H27FN2O6/c1-3-30-20-14-19(26-8-10-29-11-9-26)21(31-4-2)13-18(20)25-22(27)15-32-23(28)16-6-5-7-17(24)12-16/h5-7,12-14H,3-4,8-11,15H2,1-2H3,(H,25,27). The smallest absolute Gasteiger partial charge is 0.338 e. The monoisotopic (exact) mass is 446 g/mol. The number of morpholine rings is 1. The van der Waals surface area contributed by atoms with E-state index in [0.29, 0.717) is 56.7 Å². The summed E-state index contributed by atoms with van der Waals surface area (Å²) in [4.78, 5) is 26.6. The molecule has 172 valence electrons. The Kier molecular flexibility index (Phi) is 8.27. The molecular formula is C23H27FN2O6. The van der Waals surface area contributed by atoms with E-state index in [1.165, 1.54) is 18.2 Å². The summed E-state index contributed by atoms with van der Waals surface area (Å²) in [6.45, 7) is 6.70. The lowest BCUT2D eigenvalue weighted by Crippen LogP contribution is -2.36. The number of ether oxygens (including phenoxy) is 4. The van der Waals surface area contributed by atoms with Crippen LogP contribution < -0.4 is 19.7 Å². The van der Waals surface area contributed by atoms with Crippen LogP contribution in [0, 0.1) is 5.82 Å². The van der Waals surface area contributed by atoms with Crippen molar-refractivity contribution < 1.29 is 32.9 Å². The molecule has 0 saturated carbocycles. The molecule has 1 N–H and O–H groups in total. The summed E-state index contributed by atoms with van der Waals surface area (Å²) in [7, 11) is 0. The number of anilines is 2. The number of carbonyl (C=O) groups is 2. The molecule has 0 aliphatic carbocycles. The van der Waals surface area contributed by atoms with Gasteiger partial charge in [-0.05, 0) is 32.0 Å². The van der Waals surface area contributed by atoms with Gasteiger partial charge in [-0.1, -0.05) is 6.07 Å². The van der Waals surface area contributed by atoms with Crippen LogP contribution in [0.2, 0.25) is 0 Å². The van der Waals surface area contributed by atoms with E-state index in [4.69, 9.17) is 18.9 Å². The van der Waals surface area contributed by atoms with Gasteiger partial charge in [0.05, 0.1) is 43.4 Å². The maximum Gasteiger partial charge on any atom is 0.338 e. The van der Waals surface area contributed by atoms with Crippen molar-refractivity contribution >= 4 is 23.3 Å². The molecule has 1 aliphatic rings. The zero-order chi connectivity index (χ0) is 22.9. The first-order chi connectivity index (χ1) is 15.5. The van der Waals surface area contributed by atoms with Crippen molar-refractivity contribution in [3.05, 3.63) is 47.8 Å². The van der Waals surface area contributed by atoms with E-state index in [-0.39, 0.29) is 5.56 Å². The predicted molar refractivity (Wildman–Crippen MR) is 117 cm³/mol. The summed E-state index contributed by atoms with van der Waals surface area (Å²) in [5.74, 6) is -0.833. The normalized spacial score (nSPS) is 13.4. The van der Waals surface area contributed by atoms with Crippen LogP contribution in [0.4, 0.5) is 15.8 Å². The van der Waals surface area contributed by atoms with Gasteiger partial charge in [0, 0.05) is 25.2 Å². The van der Waals surface area contributed by atoms with Crippen molar-refractivity contribution in [2.45, 2.75) is 13.8 Å². The van der Waals surface area contributed by atoms with Crippen molar-refractivity contribution in [2.75, 3.05) is 56.3 Å². The molecule has 0 spiro atoms. The Balaban J connectivity index is 1.74. The molecule has 0 bridgehead atoms. The second kappa shape index (κ2) is 11.3. The van der Waals surface area contributed by atoms with E-state index >= 15 is 0 Å². The Morgan fingerprint density at radius 3 is 2.47 bits per heavy atom. The Bertz CT molecular complexity index is 946. The van der Waals surface area contributed by atoms with E-state index in [0.717, 1.165) is 11.8 Å². The van der Waals surface area contributed by atoms with E-state index in [1.807, 2.05) is 19.9 Å². The molecule has 32 heavy (non-hydrogen) atoms. The third-order valence-corrected chi connectivity index (χ3v) is 4.68. The number of rotatable bonds is 9. The third-order valence-electron chi connectivity index (χ3n) is 4.68. The van der Waals surface area contributed by atoms with Crippen LogP contribution in [0.25, 0.3) is 0 Å². The average molecular weight is 446 g/mol. The molecule has 2 aromatic carbocycles. The van der Waals surface area contributed by atoms with E-state index in [2.05, 4.69) is 10.2 Å². The zero-order valence-electron chi connectivity index (χ0n) is 18.2. The molecule has 8 nitrogen and oxygen atoms in total. The van der Waals surface area contributed by atoms with Crippen molar-refractivity contribution in [2.24, 2.45) is 0 Å². The Morgan fingerprint density at radius 2 is 1.78 bits per heavy atom. The number of nitrogens with zero attached hydrogens (tertiary/aromatic N) is 1. The fourth-order valence-corrected chi connectivity index (χ4v) is 3.26. The fourth-order valence-electron chi connectivity index (χ4n) is 3.26. The first-order valence-electron chi connectivity index (χ1n) is 10.5. The highest BCUT2D eigenvalue weighted by atomic mass is 19.1. The Morgan fingerprint density at radius 1 is 1.06 bits per heavy atom. The summed E-state index contributed by atoms with van der Waals surface area (Å²) >= 11 is 0. The molecule has 1 fully saturated rings. The van der Waals surface area contributed by atoms with Gasteiger partial charge in [0.2, 0.25) is 0 Å². The maximum absolute atomic E-state index is 13.3. The van der Waals surface area contributed by atoms with Crippen molar-refractivity contribution in [3.63, 3.8) is 0 Å². The van der Waals surface area contributed by atoms with Crippen LogP contribution >= 0.6 is 0 Å². The van der Waals surface area contributed by atoms with Crippen LogP contribution in [0.15, 0.2) is 36.4 Å². The SMILES string of the molecule is CCOc1cc(N2CCOCC2)c(OCC)cc1NC(=O)COC(=O)c1cccc(F)c1. The molecule has 1 heterocycles. The number of amides is 1. The van der Waals surface area contributed by atoms with Gasteiger partial charge in [0.15, 0.2) is 6.61 Å². The Hall–Kier alpha value is -3.33. The number of carbonyl (C=O) groups excluding carboxylic acids is 2. The Labute approximate surface area is 186 Å². The van der Waals surface area contributed by atoms with Crippen molar-refractivity contribution in [3.8, 4) is 11.5 Å². The fraction of sp³-hybridized carbons (Fsp3) is 0.391. The molecule has 0 aromatic heterocycles. The van der Waals surface area contributed by atoms with Gasteiger partial charge in [0.25, 0.3) is 5.91 Å². The topological polar surface area (TPSA) is 86.3 Å². The summed E-state index contributed by atoms with van der Waals surface area (Å²) < 4.78 is 35.2.